The van der Waals surface area contributed by atoms with E-state index in [2.05, 4.69) is 26.2 Å². The van der Waals surface area contributed by atoms with Gasteiger partial charge in [-0.25, -0.2) is 0 Å². The molecule has 0 aliphatic rings. The van der Waals surface area contributed by atoms with Crippen molar-refractivity contribution in [2.45, 2.75) is 0 Å². The minimum absolute atomic E-state index is 0.198. The van der Waals surface area contributed by atoms with E-state index in [4.69, 9.17) is 0 Å². The van der Waals surface area contributed by atoms with Gasteiger partial charge < -0.3 is 0 Å². The number of carbonyl (C=O) groups excluding carboxylic acids is 1. The van der Waals surface area contributed by atoms with Gasteiger partial charge in [0.1, 0.15) is 5.52 Å². The molecule has 0 radical (unpaired) electrons. The third-order valence-corrected chi connectivity index (χ3v) is 3.34. The standard InChI is InChI=1S/C13H8BrN3O/c14-10-6-2-1-5-9(10)13(18)17-12-8-4-3-7-11(12)15-16-17/h1-8H. The van der Waals surface area contributed by atoms with Gasteiger partial charge in [-0.3, -0.25) is 4.79 Å². The summed E-state index contributed by atoms with van der Waals surface area (Å²) in [7, 11) is 0. The minimum Gasteiger partial charge on any atom is -0.267 e. The Labute approximate surface area is 111 Å². The molecule has 18 heavy (non-hydrogen) atoms. The number of hydrogen-bond donors (Lipinski definition) is 0. The highest BCUT2D eigenvalue weighted by atomic mass is 79.9. The number of halogens is 1. The number of hydrogen-bond acceptors (Lipinski definition) is 3. The van der Waals surface area contributed by atoms with Crippen LogP contribution in [0.4, 0.5) is 0 Å². The number of fused-ring (bicyclic) bond motifs is 1. The molecule has 0 aliphatic carbocycles. The van der Waals surface area contributed by atoms with Gasteiger partial charge in [-0.05, 0) is 40.2 Å². The molecule has 0 unspecified atom stereocenters. The van der Waals surface area contributed by atoms with E-state index in [1.807, 2.05) is 42.5 Å². The van der Waals surface area contributed by atoms with Crippen molar-refractivity contribution in [1.82, 2.24) is 15.0 Å². The van der Waals surface area contributed by atoms with Gasteiger partial charge in [-0.1, -0.05) is 29.5 Å². The van der Waals surface area contributed by atoms with Crippen LogP contribution in [-0.4, -0.2) is 20.9 Å². The molecule has 3 rings (SSSR count). The van der Waals surface area contributed by atoms with Crippen LogP contribution in [0, 0.1) is 0 Å². The van der Waals surface area contributed by atoms with E-state index in [9.17, 15) is 4.79 Å². The monoisotopic (exact) mass is 301 g/mol. The highest BCUT2D eigenvalue weighted by molar-refractivity contribution is 9.10. The second-order valence-electron chi connectivity index (χ2n) is 3.77. The first-order valence-electron chi connectivity index (χ1n) is 5.37. The Morgan fingerprint density at radius 3 is 2.61 bits per heavy atom. The Bertz CT molecular complexity index is 736. The van der Waals surface area contributed by atoms with E-state index in [-0.39, 0.29) is 5.91 Å². The van der Waals surface area contributed by atoms with Crippen molar-refractivity contribution in [2.24, 2.45) is 0 Å². The molecule has 0 saturated heterocycles. The van der Waals surface area contributed by atoms with E-state index >= 15 is 0 Å². The second-order valence-corrected chi connectivity index (χ2v) is 4.63. The van der Waals surface area contributed by atoms with Crippen LogP contribution in [0.5, 0.6) is 0 Å². The van der Waals surface area contributed by atoms with Crippen molar-refractivity contribution < 1.29 is 4.79 Å². The normalized spacial score (nSPS) is 10.7. The average Bonchev–Trinajstić information content (AvgIpc) is 2.82. The number of para-hydroxylation sites is 1. The van der Waals surface area contributed by atoms with Crippen LogP contribution in [0.3, 0.4) is 0 Å². The molecule has 88 valence electrons. The Morgan fingerprint density at radius 2 is 1.78 bits per heavy atom. The van der Waals surface area contributed by atoms with Crippen LogP contribution in [0.2, 0.25) is 0 Å². The van der Waals surface area contributed by atoms with Crippen molar-refractivity contribution in [3.8, 4) is 0 Å². The molecule has 1 aromatic heterocycles. The molecule has 0 aliphatic heterocycles. The number of aromatic nitrogens is 3. The van der Waals surface area contributed by atoms with Crippen molar-refractivity contribution in [3.63, 3.8) is 0 Å². The first kappa shape index (κ1) is 11.1. The molecular formula is C13H8BrN3O. The topological polar surface area (TPSA) is 47.8 Å². The van der Waals surface area contributed by atoms with Crippen LogP contribution in [0.15, 0.2) is 53.0 Å². The van der Waals surface area contributed by atoms with Gasteiger partial charge in [0.15, 0.2) is 0 Å². The van der Waals surface area contributed by atoms with Gasteiger partial charge in [-0.15, -0.1) is 5.10 Å². The summed E-state index contributed by atoms with van der Waals surface area (Å²) < 4.78 is 2.06. The first-order valence-corrected chi connectivity index (χ1v) is 6.16. The highest BCUT2D eigenvalue weighted by Gasteiger charge is 2.15. The summed E-state index contributed by atoms with van der Waals surface area (Å²) in [5, 5.41) is 7.88. The predicted molar refractivity (Wildman–Crippen MR) is 71.4 cm³/mol. The molecule has 3 aromatic rings. The molecule has 1 heterocycles. The van der Waals surface area contributed by atoms with Gasteiger partial charge in [-0.2, -0.15) is 4.68 Å². The van der Waals surface area contributed by atoms with E-state index in [0.29, 0.717) is 16.6 Å². The lowest BCUT2D eigenvalue weighted by atomic mass is 10.2. The summed E-state index contributed by atoms with van der Waals surface area (Å²) in [5.74, 6) is -0.198. The predicted octanol–water partition coefficient (Wildman–Crippen LogP) is 2.88. The number of nitrogens with zero attached hydrogens (tertiary/aromatic N) is 3. The van der Waals surface area contributed by atoms with E-state index < -0.39 is 0 Å². The van der Waals surface area contributed by atoms with Crippen molar-refractivity contribution in [3.05, 3.63) is 58.6 Å². The molecule has 0 spiro atoms. The molecule has 0 fully saturated rings. The molecular weight excluding hydrogens is 294 g/mol. The zero-order valence-electron chi connectivity index (χ0n) is 9.25. The number of carbonyl (C=O) groups is 1. The Morgan fingerprint density at radius 1 is 1.06 bits per heavy atom. The maximum Gasteiger partial charge on any atom is 0.281 e. The van der Waals surface area contributed by atoms with Gasteiger partial charge in [0.05, 0.1) is 11.1 Å². The van der Waals surface area contributed by atoms with Crippen molar-refractivity contribution in [1.29, 1.82) is 0 Å². The first-order chi connectivity index (χ1) is 8.77. The average molecular weight is 302 g/mol. The van der Waals surface area contributed by atoms with Crippen LogP contribution in [0.25, 0.3) is 11.0 Å². The fourth-order valence-corrected chi connectivity index (χ4v) is 2.22. The third-order valence-electron chi connectivity index (χ3n) is 2.65. The molecule has 0 amide bonds. The summed E-state index contributed by atoms with van der Waals surface area (Å²) in [4.78, 5) is 12.4. The third kappa shape index (κ3) is 1.73. The highest BCUT2D eigenvalue weighted by Crippen LogP contribution is 2.19. The van der Waals surface area contributed by atoms with E-state index in [1.165, 1.54) is 4.68 Å². The molecule has 2 aromatic carbocycles. The summed E-state index contributed by atoms with van der Waals surface area (Å²) >= 11 is 3.36. The summed E-state index contributed by atoms with van der Waals surface area (Å²) in [5.41, 5.74) is 1.98. The smallest absolute Gasteiger partial charge is 0.267 e. The van der Waals surface area contributed by atoms with Crippen LogP contribution in [-0.2, 0) is 0 Å². The Hall–Kier alpha value is -2.01. The van der Waals surface area contributed by atoms with E-state index in [1.54, 1.807) is 6.07 Å². The molecule has 4 nitrogen and oxygen atoms in total. The fourth-order valence-electron chi connectivity index (χ4n) is 1.77. The Balaban J connectivity index is 2.16. The number of rotatable bonds is 1. The fraction of sp³-hybridized carbons (Fsp3) is 0. The molecule has 5 heteroatoms. The Kier molecular flexibility index (Phi) is 2.68. The maximum absolute atomic E-state index is 12.4. The number of benzene rings is 2. The molecule has 0 bridgehead atoms. The largest absolute Gasteiger partial charge is 0.281 e. The summed E-state index contributed by atoms with van der Waals surface area (Å²) in [6.45, 7) is 0. The molecule has 0 saturated carbocycles. The minimum atomic E-state index is -0.198. The van der Waals surface area contributed by atoms with Gasteiger partial charge >= 0.3 is 0 Å². The van der Waals surface area contributed by atoms with Gasteiger partial charge in [0.25, 0.3) is 5.91 Å². The lowest BCUT2D eigenvalue weighted by Gasteiger charge is -2.03. The van der Waals surface area contributed by atoms with Crippen LogP contribution >= 0.6 is 15.9 Å². The quantitative estimate of drug-likeness (QED) is 0.694. The second kappa shape index (κ2) is 4.34. The van der Waals surface area contributed by atoms with Crippen molar-refractivity contribution >= 4 is 32.9 Å². The molecule has 0 atom stereocenters. The zero-order chi connectivity index (χ0) is 12.5. The lowest BCUT2D eigenvalue weighted by molar-refractivity contribution is 0.0947. The van der Waals surface area contributed by atoms with Crippen LogP contribution in [0.1, 0.15) is 10.4 Å². The van der Waals surface area contributed by atoms with Crippen molar-refractivity contribution in [2.75, 3.05) is 0 Å². The molecule has 0 N–H and O–H groups in total. The maximum atomic E-state index is 12.4. The summed E-state index contributed by atoms with van der Waals surface area (Å²) in [6, 6.07) is 14.6. The van der Waals surface area contributed by atoms with Crippen LogP contribution < -0.4 is 0 Å². The van der Waals surface area contributed by atoms with Gasteiger partial charge in [0.2, 0.25) is 0 Å². The summed E-state index contributed by atoms with van der Waals surface area (Å²) in [6.07, 6.45) is 0. The zero-order valence-corrected chi connectivity index (χ0v) is 10.8. The van der Waals surface area contributed by atoms with E-state index in [0.717, 1.165) is 4.47 Å². The van der Waals surface area contributed by atoms with Gasteiger partial charge in [0, 0.05) is 4.47 Å². The lowest BCUT2D eigenvalue weighted by Crippen LogP contribution is -2.14. The SMILES string of the molecule is O=C(c1ccccc1Br)n1nnc2ccccc21.